The molecule has 120 valence electrons. The second-order valence-corrected chi connectivity index (χ2v) is 5.22. The van der Waals surface area contributed by atoms with E-state index in [1.165, 1.54) is 26.2 Å². The predicted molar refractivity (Wildman–Crippen MR) is 72.9 cm³/mol. The van der Waals surface area contributed by atoms with Crippen molar-refractivity contribution in [1.82, 2.24) is 5.01 Å². The van der Waals surface area contributed by atoms with Crippen LogP contribution in [0.3, 0.4) is 0 Å². The topological polar surface area (TPSA) is 62.1 Å². The summed E-state index contributed by atoms with van der Waals surface area (Å²) >= 11 is 5.77. The van der Waals surface area contributed by atoms with Gasteiger partial charge >= 0.3 is 6.18 Å². The van der Waals surface area contributed by atoms with Gasteiger partial charge in [-0.1, -0.05) is 11.6 Å². The Balaban J connectivity index is 2.50. The average Bonchev–Trinajstić information content (AvgIpc) is 2.74. The maximum atomic E-state index is 13.1. The number of hydrazone groups is 1. The highest BCUT2D eigenvalue weighted by molar-refractivity contribution is 6.31. The number of aliphatic hydroxyl groups is 1. The van der Waals surface area contributed by atoms with Crippen LogP contribution in [0, 0.1) is 0 Å². The van der Waals surface area contributed by atoms with E-state index < -0.39 is 24.2 Å². The van der Waals surface area contributed by atoms with Crippen LogP contribution in [0.1, 0.15) is 23.7 Å². The lowest BCUT2D eigenvalue weighted by Gasteiger charge is -2.32. The molecule has 9 heteroatoms. The van der Waals surface area contributed by atoms with Crippen molar-refractivity contribution in [2.24, 2.45) is 5.10 Å². The van der Waals surface area contributed by atoms with Gasteiger partial charge in [-0.2, -0.15) is 23.3 Å². The summed E-state index contributed by atoms with van der Waals surface area (Å²) in [6, 6.07) is 3.92. The van der Waals surface area contributed by atoms with Gasteiger partial charge in [0, 0.05) is 17.2 Å². The summed E-state index contributed by atoms with van der Waals surface area (Å²) in [6.45, 7) is 1.29. The molecular formula is C13H12ClF3N2O3. The minimum Gasteiger partial charge on any atom is -0.496 e. The van der Waals surface area contributed by atoms with E-state index in [0.717, 1.165) is 6.07 Å². The standard InChI is InChI=1S/C13H12ClF3N2O3/c1-7-6-12(21,13(15,16)17)19(18-7)11(20)9-5-8(14)3-4-10(9)22-2/h3-5,21H,6H2,1-2H3/t12-/m0/s1. The van der Waals surface area contributed by atoms with Crippen LogP contribution in [0.15, 0.2) is 23.3 Å². The maximum Gasteiger partial charge on any atom is 0.438 e. The van der Waals surface area contributed by atoms with Crippen molar-refractivity contribution in [1.29, 1.82) is 0 Å². The third-order valence-corrected chi connectivity index (χ3v) is 3.40. The fraction of sp³-hybridized carbons (Fsp3) is 0.385. The third kappa shape index (κ3) is 2.64. The predicted octanol–water partition coefficient (Wildman–Crippen LogP) is 2.82. The SMILES string of the molecule is COc1ccc(Cl)cc1C(=O)N1N=C(C)C[C@]1(O)C(F)(F)F. The van der Waals surface area contributed by atoms with E-state index in [-0.39, 0.29) is 27.1 Å². The summed E-state index contributed by atoms with van der Waals surface area (Å²) in [5.74, 6) is -1.13. The fourth-order valence-electron chi connectivity index (χ4n) is 2.12. The number of hydrogen-bond acceptors (Lipinski definition) is 4. The van der Waals surface area contributed by atoms with E-state index in [0.29, 0.717) is 0 Å². The van der Waals surface area contributed by atoms with Crippen molar-refractivity contribution < 1.29 is 27.8 Å². The molecule has 1 aromatic rings. The van der Waals surface area contributed by atoms with Crippen LogP contribution in [-0.4, -0.2) is 40.7 Å². The molecule has 0 bridgehead atoms. The molecule has 0 unspecified atom stereocenters. The normalized spacial score (nSPS) is 21.8. The van der Waals surface area contributed by atoms with Crippen molar-refractivity contribution in [2.75, 3.05) is 7.11 Å². The lowest BCUT2D eigenvalue weighted by molar-refractivity contribution is -0.297. The average molecular weight is 337 g/mol. The minimum absolute atomic E-state index is 0.0193. The molecular weight excluding hydrogens is 325 g/mol. The van der Waals surface area contributed by atoms with E-state index in [1.807, 2.05) is 0 Å². The van der Waals surface area contributed by atoms with Crippen LogP contribution >= 0.6 is 11.6 Å². The Labute approximate surface area is 128 Å². The summed E-state index contributed by atoms with van der Waals surface area (Å²) < 4.78 is 44.3. The molecule has 5 nitrogen and oxygen atoms in total. The Morgan fingerprint density at radius 2 is 2.14 bits per heavy atom. The number of carbonyl (C=O) groups excluding carboxylic acids is 1. The molecule has 1 N–H and O–H groups in total. The van der Waals surface area contributed by atoms with Crippen molar-refractivity contribution >= 4 is 23.2 Å². The monoisotopic (exact) mass is 336 g/mol. The summed E-state index contributed by atoms with van der Waals surface area (Å²) in [7, 11) is 1.26. The van der Waals surface area contributed by atoms with Gasteiger partial charge in [-0.15, -0.1) is 0 Å². The zero-order valence-corrected chi connectivity index (χ0v) is 12.4. The van der Waals surface area contributed by atoms with Crippen LogP contribution < -0.4 is 4.74 Å². The number of hydrogen-bond donors (Lipinski definition) is 1. The molecule has 1 aliphatic rings. The van der Waals surface area contributed by atoms with Gasteiger partial charge < -0.3 is 9.84 Å². The van der Waals surface area contributed by atoms with Crippen LogP contribution in [0.2, 0.25) is 5.02 Å². The zero-order valence-electron chi connectivity index (χ0n) is 11.6. The molecule has 0 aliphatic carbocycles. The van der Waals surface area contributed by atoms with Gasteiger partial charge in [0.15, 0.2) is 0 Å². The molecule has 0 spiro atoms. The number of ether oxygens (including phenoxy) is 1. The van der Waals surface area contributed by atoms with Crippen molar-refractivity contribution in [3.63, 3.8) is 0 Å². The zero-order chi connectivity index (χ0) is 16.7. The van der Waals surface area contributed by atoms with Crippen LogP contribution in [0.5, 0.6) is 5.75 Å². The summed E-state index contributed by atoms with van der Waals surface area (Å²) in [4.78, 5) is 12.4. The van der Waals surface area contributed by atoms with Crippen LogP contribution in [0.25, 0.3) is 0 Å². The van der Waals surface area contributed by atoms with Gasteiger partial charge in [-0.25, -0.2) is 0 Å². The first kappa shape index (κ1) is 16.6. The van der Waals surface area contributed by atoms with E-state index >= 15 is 0 Å². The molecule has 2 rings (SSSR count). The fourth-order valence-corrected chi connectivity index (χ4v) is 2.29. The molecule has 1 amide bonds. The Kier molecular flexibility index (Phi) is 4.09. The molecule has 1 heterocycles. The Hall–Kier alpha value is -1.80. The molecule has 1 atom stereocenters. The van der Waals surface area contributed by atoms with E-state index in [4.69, 9.17) is 16.3 Å². The molecule has 0 fully saturated rings. The first-order valence-electron chi connectivity index (χ1n) is 6.11. The van der Waals surface area contributed by atoms with Gasteiger partial charge in [-0.05, 0) is 25.1 Å². The van der Waals surface area contributed by atoms with Gasteiger partial charge in [0.25, 0.3) is 11.6 Å². The van der Waals surface area contributed by atoms with Gasteiger partial charge in [-0.3, -0.25) is 4.79 Å². The van der Waals surface area contributed by atoms with Crippen LogP contribution in [0.4, 0.5) is 13.2 Å². The van der Waals surface area contributed by atoms with Crippen molar-refractivity contribution in [3.8, 4) is 5.75 Å². The summed E-state index contributed by atoms with van der Waals surface area (Å²) in [6.07, 6.45) is -5.87. The molecule has 0 saturated heterocycles. The molecule has 0 radical (unpaired) electrons. The second-order valence-electron chi connectivity index (χ2n) is 4.79. The van der Waals surface area contributed by atoms with Crippen molar-refractivity contribution in [2.45, 2.75) is 25.2 Å². The van der Waals surface area contributed by atoms with E-state index in [9.17, 15) is 23.1 Å². The Morgan fingerprint density at radius 1 is 1.50 bits per heavy atom. The van der Waals surface area contributed by atoms with Crippen LogP contribution in [-0.2, 0) is 0 Å². The maximum absolute atomic E-state index is 13.1. The summed E-state index contributed by atoms with van der Waals surface area (Å²) in [5, 5.41) is 13.6. The quantitative estimate of drug-likeness (QED) is 0.903. The second kappa shape index (κ2) is 5.44. The Morgan fingerprint density at radius 3 is 2.68 bits per heavy atom. The highest BCUT2D eigenvalue weighted by Crippen LogP contribution is 2.41. The first-order chi connectivity index (χ1) is 10.1. The minimum atomic E-state index is -5.06. The lowest BCUT2D eigenvalue weighted by atomic mass is 10.1. The van der Waals surface area contributed by atoms with Gasteiger partial charge in [0.05, 0.1) is 12.7 Å². The number of methoxy groups -OCH3 is 1. The third-order valence-electron chi connectivity index (χ3n) is 3.16. The smallest absolute Gasteiger partial charge is 0.438 e. The first-order valence-corrected chi connectivity index (χ1v) is 6.49. The highest BCUT2D eigenvalue weighted by Gasteiger charge is 2.62. The van der Waals surface area contributed by atoms with Crippen molar-refractivity contribution in [3.05, 3.63) is 28.8 Å². The number of alkyl halides is 3. The molecule has 0 aromatic heterocycles. The molecule has 1 aliphatic heterocycles. The largest absolute Gasteiger partial charge is 0.496 e. The number of halogens is 4. The molecule has 22 heavy (non-hydrogen) atoms. The Bertz CT molecular complexity index is 648. The highest BCUT2D eigenvalue weighted by atomic mass is 35.5. The molecule has 0 saturated carbocycles. The lowest BCUT2D eigenvalue weighted by Crippen LogP contribution is -2.56. The number of rotatable bonds is 2. The number of amides is 1. The molecule has 1 aromatic carbocycles. The van der Waals surface area contributed by atoms with Gasteiger partial charge in [0.2, 0.25) is 0 Å². The number of carbonyl (C=O) groups is 1. The summed E-state index contributed by atoms with van der Waals surface area (Å²) in [5.41, 5.74) is -3.63. The number of nitrogens with zero attached hydrogens (tertiary/aromatic N) is 2. The van der Waals surface area contributed by atoms with E-state index in [2.05, 4.69) is 5.10 Å². The number of benzene rings is 1. The van der Waals surface area contributed by atoms with Gasteiger partial charge in [0.1, 0.15) is 5.75 Å². The van der Waals surface area contributed by atoms with E-state index in [1.54, 1.807) is 0 Å².